The fourth-order valence-corrected chi connectivity index (χ4v) is 4.35. The minimum absolute atomic E-state index is 0.0566. The Balaban J connectivity index is 1.93. The molecule has 2 heterocycles. The highest BCUT2D eigenvalue weighted by molar-refractivity contribution is 7.85. The quantitative estimate of drug-likeness (QED) is 0.589. The molecule has 2 unspecified atom stereocenters. The van der Waals surface area contributed by atoms with E-state index in [9.17, 15) is 4.21 Å². The maximum Gasteiger partial charge on any atom is 0.223 e. The van der Waals surface area contributed by atoms with Crippen LogP contribution in [0, 0.1) is 0 Å². The Bertz CT molecular complexity index is 764. The summed E-state index contributed by atoms with van der Waals surface area (Å²) in [5.74, 6) is 0.553. The lowest BCUT2D eigenvalue weighted by Gasteiger charge is -2.33. The van der Waals surface area contributed by atoms with Crippen molar-refractivity contribution in [2.45, 2.75) is 43.6 Å². The number of rotatable bonds is 6. The van der Waals surface area contributed by atoms with Gasteiger partial charge >= 0.3 is 0 Å². The van der Waals surface area contributed by atoms with Crippen LogP contribution in [0.1, 0.15) is 37.8 Å². The van der Waals surface area contributed by atoms with Gasteiger partial charge in [-0.3, -0.25) is 8.93 Å². The third-order valence-corrected chi connectivity index (χ3v) is 6.31. The van der Waals surface area contributed by atoms with Crippen LogP contribution in [0.25, 0.3) is 10.8 Å². The minimum Gasteiger partial charge on any atom is -0.474 e. The summed E-state index contributed by atoms with van der Waals surface area (Å²) in [6.45, 7) is 2.08. The van der Waals surface area contributed by atoms with Crippen molar-refractivity contribution in [3.8, 4) is 5.88 Å². The molecule has 0 aliphatic heterocycles. The Morgan fingerprint density at radius 3 is 2.79 bits per heavy atom. The Labute approximate surface area is 154 Å². The molecule has 1 N–H and O–H groups in total. The highest BCUT2D eigenvalue weighted by Crippen LogP contribution is 2.35. The summed E-state index contributed by atoms with van der Waals surface area (Å²) in [7, 11) is -0.792. The molecule has 2 aromatic rings. The summed E-state index contributed by atoms with van der Waals surface area (Å²) in [4.78, 5) is 8.66. The van der Waals surface area contributed by atoms with E-state index in [0.717, 1.165) is 35.6 Å². The summed E-state index contributed by atoms with van der Waals surface area (Å²) in [5.41, 5.74) is 1.01. The number of thiol groups is 1. The van der Waals surface area contributed by atoms with E-state index in [1.807, 2.05) is 6.07 Å². The SMILES string of the molecule is CCC(NS)c1cnc(OC2CC(S(C)=O)C2)c2cnc(Cl)cc12. The maximum absolute atomic E-state index is 11.5. The molecule has 2 aromatic heterocycles. The zero-order valence-electron chi connectivity index (χ0n) is 13.5. The molecule has 5 nitrogen and oxygen atoms in total. The second-order valence-electron chi connectivity index (χ2n) is 5.99. The molecular formula is C16H20ClN3O2S2. The molecule has 3 rings (SSSR count). The highest BCUT2D eigenvalue weighted by atomic mass is 35.5. The van der Waals surface area contributed by atoms with Crippen molar-refractivity contribution < 1.29 is 8.95 Å². The average molecular weight is 386 g/mol. The molecule has 130 valence electrons. The Morgan fingerprint density at radius 2 is 2.17 bits per heavy atom. The molecule has 1 saturated carbocycles. The first-order valence-electron chi connectivity index (χ1n) is 7.86. The van der Waals surface area contributed by atoms with Crippen molar-refractivity contribution in [3.05, 3.63) is 29.2 Å². The van der Waals surface area contributed by atoms with Gasteiger partial charge in [-0.2, -0.15) is 0 Å². The minimum atomic E-state index is -0.792. The summed E-state index contributed by atoms with van der Waals surface area (Å²) < 4.78 is 20.5. The third kappa shape index (κ3) is 3.54. The van der Waals surface area contributed by atoms with Crippen molar-refractivity contribution in [1.82, 2.24) is 14.7 Å². The second-order valence-corrected chi connectivity index (χ2v) is 8.30. The predicted molar refractivity (Wildman–Crippen MR) is 101 cm³/mol. The molecule has 0 amide bonds. The Hall–Kier alpha value is -0.890. The standard InChI is InChI=1S/C16H20ClN3O2S2/c1-3-14(20-23)12-7-19-16(13-8-18-15(17)6-11(12)13)22-9-4-10(5-9)24(2)21/h6-10,14,20,23H,3-5H2,1-2H3. The number of ether oxygens (including phenoxy) is 1. The molecule has 0 aromatic carbocycles. The zero-order chi connectivity index (χ0) is 17.3. The van der Waals surface area contributed by atoms with Gasteiger partial charge < -0.3 is 4.74 Å². The highest BCUT2D eigenvalue weighted by Gasteiger charge is 2.34. The van der Waals surface area contributed by atoms with Gasteiger partial charge in [-0.15, -0.1) is 0 Å². The Kier molecular flexibility index (Phi) is 5.64. The van der Waals surface area contributed by atoms with Gasteiger partial charge in [-0.05, 0) is 36.3 Å². The third-order valence-electron chi connectivity index (χ3n) is 4.47. The molecule has 0 bridgehead atoms. The molecule has 1 fully saturated rings. The van der Waals surface area contributed by atoms with Crippen molar-refractivity contribution >= 4 is 46.0 Å². The summed E-state index contributed by atoms with van der Waals surface area (Å²) in [6.07, 6.45) is 7.76. The molecule has 24 heavy (non-hydrogen) atoms. The van der Waals surface area contributed by atoms with Gasteiger partial charge in [0.15, 0.2) is 0 Å². The molecule has 0 saturated heterocycles. The van der Waals surface area contributed by atoms with Gasteiger partial charge in [0.25, 0.3) is 0 Å². The van der Waals surface area contributed by atoms with E-state index in [1.165, 1.54) is 0 Å². The van der Waals surface area contributed by atoms with Crippen LogP contribution < -0.4 is 9.46 Å². The molecule has 0 radical (unpaired) electrons. The number of aromatic nitrogens is 2. The van der Waals surface area contributed by atoms with Gasteiger partial charge in [0, 0.05) is 40.7 Å². The zero-order valence-corrected chi connectivity index (χ0v) is 16.0. The lowest BCUT2D eigenvalue weighted by Crippen LogP contribution is -2.40. The molecule has 8 heteroatoms. The molecule has 1 aliphatic carbocycles. The van der Waals surface area contributed by atoms with Crippen molar-refractivity contribution in [3.63, 3.8) is 0 Å². The number of pyridine rings is 2. The van der Waals surface area contributed by atoms with E-state index in [4.69, 9.17) is 16.3 Å². The number of halogens is 1. The number of hydrogen-bond donors (Lipinski definition) is 2. The summed E-state index contributed by atoms with van der Waals surface area (Å²) >= 11 is 10.3. The van der Waals surface area contributed by atoms with Crippen molar-refractivity contribution in [2.24, 2.45) is 0 Å². The van der Waals surface area contributed by atoms with E-state index in [1.54, 1.807) is 18.6 Å². The van der Waals surface area contributed by atoms with Crippen LogP contribution in [-0.4, -0.2) is 31.8 Å². The largest absolute Gasteiger partial charge is 0.474 e. The second kappa shape index (κ2) is 7.56. The predicted octanol–water partition coefficient (Wildman–Crippen LogP) is 3.46. The van der Waals surface area contributed by atoms with E-state index in [2.05, 4.69) is 34.4 Å². The number of hydrogen-bond acceptors (Lipinski definition) is 6. The van der Waals surface area contributed by atoms with Gasteiger partial charge in [-0.1, -0.05) is 31.3 Å². The van der Waals surface area contributed by atoms with Crippen LogP contribution in [0.5, 0.6) is 5.88 Å². The molecular weight excluding hydrogens is 366 g/mol. The van der Waals surface area contributed by atoms with Gasteiger partial charge in [0.2, 0.25) is 5.88 Å². The average Bonchev–Trinajstić information content (AvgIpc) is 2.52. The number of nitrogens with one attached hydrogen (secondary N) is 1. The maximum atomic E-state index is 11.5. The van der Waals surface area contributed by atoms with E-state index in [0.29, 0.717) is 11.0 Å². The number of fused-ring (bicyclic) bond motifs is 1. The first-order chi connectivity index (χ1) is 11.5. The normalized spacial score (nSPS) is 22.8. The van der Waals surface area contributed by atoms with Gasteiger partial charge in [0.1, 0.15) is 11.3 Å². The summed E-state index contributed by atoms with van der Waals surface area (Å²) in [6, 6.07) is 1.89. The molecule has 1 aliphatic rings. The van der Waals surface area contributed by atoms with E-state index >= 15 is 0 Å². The van der Waals surface area contributed by atoms with Crippen molar-refractivity contribution in [1.29, 1.82) is 0 Å². The van der Waals surface area contributed by atoms with Crippen LogP contribution in [0.2, 0.25) is 5.15 Å². The van der Waals surface area contributed by atoms with Gasteiger partial charge in [-0.25, -0.2) is 9.97 Å². The van der Waals surface area contributed by atoms with Crippen LogP contribution in [0.15, 0.2) is 18.5 Å². The van der Waals surface area contributed by atoms with E-state index < -0.39 is 10.8 Å². The number of nitrogens with zero attached hydrogens (tertiary/aromatic N) is 2. The Morgan fingerprint density at radius 1 is 1.42 bits per heavy atom. The van der Waals surface area contributed by atoms with Crippen LogP contribution >= 0.6 is 24.4 Å². The molecule has 2 atom stereocenters. The van der Waals surface area contributed by atoms with Crippen LogP contribution in [-0.2, 0) is 10.8 Å². The van der Waals surface area contributed by atoms with E-state index in [-0.39, 0.29) is 17.4 Å². The monoisotopic (exact) mass is 385 g/mol. The fourth-order valence-electron chi connectivity index (χ4n) is 2.90. The smallest absolute Gasteiger partial charge is 0.223 e. The first kappa shape index (κ1) is 17.9. The van der Waals surface area contributed by atoms with Crippen LogP contribution in [0.3, 0.4) is 0 Å². The van der Waals surface area contributed by atoms with Gasteiger partial charge in [0.05, 0.1) is 5.39 Å². The lowest BCUT2D eigenvalue weighted by molar-refractivity contribution is 0.121. The van der Waals surface area contributed by atoms with Crippen molar-refractivity contribution in [2.75, 3.05) is 6.26 Å². The first-order valence-corrected chi connectivity index (χ1v) is 10.3. The van der Waals surface area contributed by atoms with Crippen LogP contribution in [0.4, 0.5) is 0 Å². The fraction of sp³-hybridized carbons (Fsp3) is 0.500. The molecule has 0 spiro atoms. The topological polar surface area (TPSA) is 64.1 Å². The lowest BCUT2D eigenvalue weighted by atomic mass is 9.95. The summed E-state index contributed by atoms with van der Waals surface area (Å²) in [5, 5.41) is 2.45.